The van der Waals surface area contributed by atoms with Gasteiger partial charge in [-0.05, 0) is 44.6 Å². The molecule has 1 atom stereocenters. The lowest BCUT2D eigenvalue weighted by Crippen LogP contribution is -2.27. The van der Waals surface area contributed by atoms with Crippen molar-refractivity contribution in [1.29, 1.82) is 0 Å². The number of rotatable bonds is 6. The first-order valence-electron chi connectivity index (χ1n) is 7.40. The zero-order valence-corrected chi connectivity index (χ0v) is 13.6. The second-order valence-electron chi connectivity index (χ2n) is 5.26. The topological polar surface area (TPSA) is 21.1 Å². The fraction of sp³-hybridized carbons (Fsp3) is 0.562. The third kappa shape index (κ3) is 3.15. The minimum Gasteiger partial charge on any atom is -0.325 e. The highest BCUT2D eigenvalue weighted by Crippen LogP contribution is 2.25. The molecule has 0 spiro atoms. The number of halogens is 1. The average molecular weight is 294 g/mol. The summed E-state index contributed by atoms with van der Waals surface area (Å²) in [6, 6.07) is 6.43. The molecule has 1 aromatic heterocycles. The standard InChI is InChI=1S/C16H24ClN3/c1-5-19(6-2)9-10-20-15-8-7-12(3)11-14(15)18-16(20)13(4)17/h7-8,11,13H,5-6,9-10H2,1-4H3. The number of benzene rings is 1. The fourth-order valence-electron chi connectivity index (χ4n) is 2.58. The highest BCUT2D eigenvalue weighted by molar-refractivity contribution is 6.20. The summed E-state index contributed by atoms with van der Waals surface area (Å²) in [5, 5.41) is -0.0700. The van der Waals surface area contributed by atoms with Crippen LogP contribution in [0.25, 0.3) is 11.0 Å². The lowest BCUT2D eigenvalue weighted by atomic mass is 10.2. The first kappa shape index (κ1) is 15.3. The number of fused-ring (bicyclic) bond motifs is 1. The van der Waals surface area contributed by atoms with Crippen LogP contribution >= 0.6 is 11.6 Å². The summed E-state index contributed by atoms with van der Waals surface area (Å²) in [5.74, 6) is 0.972. The summed E-state index contributed by atoms with van der Waals surface area (Å²) in [7, 11) is 0. The molecule has 0 bridgehead atoms. The van der Waals surface area contributed by atoms with Gasteiger partial charge in [0.05, 0.1) is 16.4 Å². The van der Waals surface area contributed by atoms with Crippen molar-refractivity contribution in [2.24, 2.45) is 0 Å². The molecular formula is C16H24ClN3. The van der Waals surface area contributed by atoms with Crippen molar-refractivity contribution >= 4 is 22.6 Å². The molecule has 2 aromatic rings. The van der Waals surface area contributed by atoms with Crippen molar-refractivity contribution in [1.82, 2.24) is 14.5 Å². The Morgan fingerprint density at radius 3 is 2.60 bits per heavy atom. The number of likely N-dealkylation sites (N-methyl/N-ethyl adjacent to an activating group) is 1. The Balaban J connectivity index is 2.36. The first-order chi connectivity index (χ1) is 9.56. The zero-order chi connectivity index (χ0) is 14.7. The molecule has 3 nitrogen and oxygen atoms in total. The van der Waals surface area contributed by atoms with Gasteiger partial charge >= 0.3 is 0 Å². The van der Waals surface area contributed by atoms with Gasteiger partial charge in [-0.1, -0.05) is 19.9 Å². The van der Waals surface area contributed by atoms with Crippen LogP contribution in [0.1, 0.15) is 37.5 Å². The first-order valence-corrected chi connectivity index (χ1v) is 7.83. The summed E-state index contributed by atoms with van der Waals surface area (Å²) in [6.07, 6.45) is 0. The molecule has 0 aliphatic heterocycles. The Bertz CT molecular complexity index is 570. The molecule has 20 heavy (non-hydrogen) atoms. The van der Waals surface area contributed by atoms with E-state index in [1.807, 2.05) is 6.92 Å². The van der Waals surface area contributed by atoms with Gasteiger partial charge in [0.1, 0.15) is 5.82 Å². The predicted molar refractivity (Wildman–Crippen MR) is 86.5 cm³/mol. The van der Waals surface area contributed by atoms with E-state index in [1.54, 1.807) is 0 Å². The Morgan fingerprint density at radius 2 is 2.00 bits per heavy atom. The second kappa shape index (κ2) is 6.59. The molecule has 110 valence electrons. The van der Waals surface area contributed by atoms with Crippen molar-refractivity contribution in [2.75, 3.05) is 19.6 Å². The Morgan fingerprint density at radius 1 is 1.30 bits per heavy atom. The molecule has 1 aromatic carbocycles. The monoisotopic (exact) mass is 293 g/mol. The summed E-state index contributed by atoms with van der Waals surface area (Å²) in [4.78, 5) is 7.13. The molecule has 4 heteroatoms. The molecule has 0 fully saturated rings. The summed E-state index contributed by atoms with van der Waals surface area (Å²) < 4.78 is 2.27. The van der Waals surface area contributed by atoms with Gasteiger partial charge in [0.15, 0.2) is 0 Å². The number of aryl methyl sites for hydroxylation is 1. The van der Waals surface area contributed by atoms with Crippen molar-refractivity contribution in [2.45, 2.75) is 39.6 Å². The molecule has 2 rings (SSSR count). The number of hydrogen-bond donors (Lipinski definition) is 0. The molecule has 0 N–H and O–H groups in total. The van der Waals surface area contributed by atoms with Crippen LogP contribution < -0.4 is 0 Å². The lowest BCUT2D eigenvalue weighted by Gasteiger charge is -2.19. The van der Waals surface area contributed by atoms with Gasteiger partial charge in [0, 0.05) is 13.1 Å². The van der Waals surface area contributed by atoms with Crippen molar-refractivity contribution in [3.8, 4) is 0 Å². The summed E-state index contributed by atoms with van der Waals surface area (Å²) >= 11 is 6.31. The fourth-order valence-corrected chi connectivity index (χ4v) is 2.74. The van der Waals surface area contributed by atoms with Gasteiger partial charge < -0.3 is 9.47 Å². The van der Waals surface area contributed by atoms with Crippen LogP contribution in [0.15, 0.2) is 18.2 Å². The zero-order valence-electron chi connectivity index (χ0n) is 12.9. The maximum atomic E-state index is 6.31. The maximum Gasteiger partial charge on any atom is 0.127 e. The highest BCUT2D eigenvalue weighted by atomic mass is 35.5. The van der Waals surface area contributed by atoms with Gasteiger partial charge in [-0.2, -0.15) is 0 Å². The van der Waals surface area contributed by atoms with E-state index in [1.165, 1.54) is 11.1 Å². The number of nitrogens with zero attached hydrogens (tertiary/aromatic N) is 3. The van der Waals surface area contributed by atoms with Crippen molar-refractivity contribution < 1.29 is 0 Å². The number of aromatic nitrogens is 2. The van der Waals surface area contributed by atoms with Crippen LogP contribution in [-0.4, -0.2) is 34.1 Å². The highest BCUT2D eigenvalue weighted by Gasteiger charge is 2.15. The smallest absolute Gasteiger partial charge is 0.127 e. The second-order valence-corrected chi connectivity index (χ2v) is 5.91. The molecule has 0 aliphatic carbocycles. The third-order valence-electron chi connectivity index (χ3n) is 3.82. The SMILES string of the molecule is CCN(CC)CCn1c(C(C)Cl)nc2cc(C)ccc21. The average Bonchev–Trinajstić information content (AvgIpc) is 2.78. The molecule has 0 saturated heterocycles. The molecule has 0 amide bonds. The number of hydrogen-bond acceptors (Lipinski definition) is 2. The van der Waals surface area contributed by atoms with E-state index in [4.69, 9.17) is 16.6 Å². The van der Waals surface area contributed by atoms with Gasteiger partial charge in [0.2, 0.25) is 0 Å². The van der Waals surface area contributed by atoms with E-state index in [0.29, 0.717) is 0 Å². The van der Waals surface area contributed by atoms with Gasteiger partial charge in [-0.25, -0.2) is 4.98 Å². The minimum absolute atomic E-state index is 0.0700. The molecule has 0 radical (unpaired) electrons. The number of alkyl halides is 1. The summed E-state index contributed by atoms with van der Waals surface area (Å²) in [5.41, 5.74) is 3.47. The van der Waals surface area contributed by atoms with Crippen LogP contribution in [0.5, 0.6) is 0 Å². The van der Waals surface area contributed by atoms with E-state index in [9.17, 15) is 0 Å². The van der Waals surface area contributed by atoms with Crippen LogP contribution in [-0.2, 0) is 6.54 Å². The molecule has 0 aliphatic rings. The van der Waals surface area contributed by atoms with Gasteiger partial charge in [0.25, 0.3) is 0 Å². The van der Waals surface area contributed by atoms with E-state index in [-0.39, 0.29) is 5.38 Å². The van der Waals surface area contributed by atoms with Crippen LogP contribution in [0.2, 0.25) is 0 Å². The van der Waals surface area contributed by atoms with E-state index < -0.39 is 0 Å². The molecule has 0 saturated carbocycles. The van der Waals surface area contributed by atoms with Crippen LogP contribution in [0, 0.1) is 6.92 Å². The molecule has 1 heterocycles. The maximum absolute atomic E-state index is 6.31. The van der Waals surface area contributed by atoms with Crippen LogP contribution in [0.4, 0.5) is 0 Å². The van der Waals surface area contributed by atoms with Crippen LogP contribution in [0.3, 0.4) is 0 Å². The lowest BCUT2D eigenvalue weighted by molar-refractivity contribution is 0.290. The van der Waals surface area contributed by atoms with Gasteiger partial charge in [-0.15, -0.1) is 11.6 Å². The van der Waals surface area contributed by atoms with E-state index in [0.717, 1.165) is 37.5 Å². The van der Waals surface area contributed by atoms with E-state index in [2.05, 4.69) is 48.4 Å². The number of imidazole rings is 1. The summed E-state index contributed by atoms with van der Waals surface area (Å²) in [6.45, 7) is 12.6. The predicted octanol–water partition coefficient (Wildman–Crippen LogP) is 3.99. The van der Waals surface area contributed by atoms with E-state index >= 15 is 0 Å². The Labute approximate surface area is 126 Å². The third-order valence-corrected chi connectivity index (χ3v) is 4.02. The Hall–Kier alpha value is -1.06. The Kier molecular flexibility index (Phi) is 5.06. The van der Waals surface area contributed by atoms with Crippen molar-refractivity contribution in [3.63, 3.8) is 0 Å². The quantitative estimate of drug-likeness (QED) is 0.751. The normalized spacial score (nSPS) is 13.3. The van der Waals surface area contributed by atoms with Gasteiger partial charge in [-0.3, -0.25) is 0 Å². The molecular weight excluding hydrogens is 270 g/mol. The van der Waals surface area contributed by atoms with Crippen molar-refractivity contribution in [3.05, 3.63) is 29.6 Å². The largest absolute Gasteiger partial charge is 0.325 e. The molecule has 1 unspecified atom stereocenters. The minimum atomic E-state index is -0.0700.